The van der Waals surface area contributed by atoms with E-state index >= 15 is 0 Å². The summed E-state index contributed by atoms with van der Waals surface area (Å²) in [4.78, 5) is 14.8. The fraction of sp³-hybridized carbons (Fsp3) is 0.0161. The number of fused-ring (bicyclic) bond motifs is 10. The van der Waals surface area contributed by atoms with Crippen LogP contribution in [-0.2, 0) is 0 Å². The lowest BCUT2D eigenvalue weighted by Gasteiger charge is -2.13. The molecule has 0 saturated carbocycles. The van der Waals surface area contributed by atoms with Gasteiger partial charge < -0.3 is 4.42 Å². The SMILES string of the molecule is C#CC#CC#CC#CC#CC#CC#CC#CC#CC#CC#CC.c1ccc(-c2nc(-c3ccccc3)nc(-c3ccc4c(c3)c3ccccc3c3c4ccc4oc5ccccc5c43)n2)cc1. The van der Waals surface area contributed by atoms with E-state index in [-0.39, 0.29) is 0 Å². The van der Waals surface area contributed by atoms with Gasteiger partial charge in [-0.05, 0) is 153 Å². The van der Waals surface area contributed by atoms with Crippen LogP contribution in [0.15, 0.2) is 144 Å². The fourth-order valence-electron chi connectivity index (χ4n) is 6.97. The molecule has 0 N–H and O–H groups in total. The summed E-state index contributed by atoms with van der Waals surface area (Å²) in [7, 11) is 0. The summed E-state index contributed by atoms with van der Waals surface area (Å²) in [6.45, 7) is 1.70. The Morgan fingerprint density at radius 3 is 1.27 bits per heavy atom. The average Bonchev–Trinajstić information content (AvgIpc) is 3.76. The molecule has 0 spiro atoms. The topological polar surface area (TPSA) is 51.8 Å². The molecule has 4 nitrogen and oxygen atoms in total. The van der Waals surface area contributed by atoms with E-state index in [0.717, 1.165) is 44.0 Å². The molecule has 2 aromatic heterocycles. The van der Waals surface area contributed by atoms with Gasteiger partial charge in [0, 0.05) is 56.5 Å². The van der Waals surface area contributed by atoms with Crippen molar-refractivity contribution in [1.82, 2.24) is 15.0 Å². The quantitative estimate of drug-likeness (QED) is 0.131. The molecule has 0 aliphatic heterocycles. The first-order valence-corrected chi connectivity index (χ1v) is 20.2. The van der Waals surface area contributed by atoms with E-state index in [1.165, 1.54) is 26.9 Å². The van der Waals surface area contributed by atoms with Crippen molar-refractivity contribution in [2.45, 2.75) is 6.92 Å². The van der Waals surface area contributed by atoms with E-state index in [0.29, 0.717) is 17.5 Å². The number of rotatable bonds is 3. The van der Waals surface area contributed by atoms with Gasteiger partial charge in [-0.1, -0.05) is 121 Å². The predicted octanol–water partition coefficient (Wildman–Crippen LogP) is 10.9. The van der Waals surface area contributed by atoms with Crippen LogP contribution in [0.2, 0.25) is 0 Å². The first-order chi connectivity index (χ1) is 32.7. The second-order valence-corrected chi connectivity index (χ2v) is 13.6. The summed E-state index contributed by atoms with van der Waals surface area (Å²) < 4.78 is 6.27. The first kappa shape index (κ1) is 42.0. The van der Waals surface area contributed by atoms with Crippen molar-refractivity contribution >= 4 is 54.3 Å². The van der Waals surface area contributed by atoms with Crippen LogP contribution >= 0.6 is 0 Å². The lowest BCUT2D eigenvalue weighted by atomic mass is 9.91. The maximum absolute atomic E-state index is 6.27. The molecular formula is C62H27N3O. The Kier molecular flexibility index (Phi) is 13.5. The van der Waals surface area contributed by atoms with Crippen LogP contribution in [0.1, 0.15) is 6.92 Å². The van der Waals surface area contributed by atoms with E-state index < -0.39 is 0 Å². The predicted molar refractivity (Wildman–Crippen MR) is 268 cm³/mol. The molecule has 4 heteroatoms. The molecule has 7 aromatic carbocycles. The van der Waals surface area contributed by atoms with Crippen LogP contribution < -0.4 is 0 Å². The number of terminal acetylenes is 1. The molecule has 9 rings (SSSR count). The summed E-state index contributed by atoms with van der Waals surface area (Å²) in [5, 5.41) is 9.45. The normalized spacial score (nSPS) is 8.97. The Hall–Kier alpha value is -10.7. The summed E-state index contributed by atoms with van der Waals surface area (Å²) in [5.41, 5.74) is 4.67. The summed E-state index contributed by atoms with van der Waals surface area (Å²) in [6, 6.07) is 48.0. The standard InChI is InChI=1S/C39H23N3O.C23H4/c1-3-11-24(12-4-1)37-40-38(25-13-5-2-6-14-25)42-39(41-37)26-19-20-28-30-21-22-34-36(31-17-9-10-18-33(31)43-34)35(30)29-16-8-7-15-27(29)32(28)23-26;1-3-5-7-9-11-13-15-17-19-21-23-22-20-18-16-14-12-10-8-6-4-2/h1-23H;1H,2H3. The Labute approximate surface area is 383 Å². The number of benzene rings is 7. The maximum Gasteiger partial charge on any atom is 0.164 e. The highest BCUT2D eigenvalue weighted by molar-refractivity contribution is 6.34. The van der Waals surface area contributed by atoms with Gasteiger partial charge in [0.05, 0.1) is 0 Å². The van der Waals surface area contributed by atoms with Crippen LogP contribution in [0.25, 0.3) is 88.4 Å². The molecular weight excluding hydrogens is 803 g/mol. The second kappa shape index (κ2) is 21.2. The second-order valence-electron chi connectivity index (χ2n) is 13.6. The van der Waals surface area contributed by atoms with Crippen molar-refractivity contribution in [1.29, 1.82) is 0 Å². The zero-order chi connectivity index (χ0) is 45.2. The van der Waals surface area contributed by atoms with Crippen molar-refractivity contribution in [3.05, 3.63) is 140 Å². The van der Waals surface area contributed by atoms with Crippen LogP contribution in [0.4, 0.5) is 0 Å². The summed E-state index contributed by atoms with van der Waals surface area (Å²) >= 11 is 0. The highest BCUT2D eigenvalue weighted by Crippen LogP contribution is 2.43. The zero-order valence-corrected chi connectivity index (χ0v) is 35.1. The van der Waals surface area contributed by atoms with E-state index in [2.05, 4.69) is 191 Å². The average molecular weight is 830 g/mol. The number of para-hydroxylation sites is 1. The highest BCUT2D eigenvalue weighted by atomic mass is 16.3. The highest BCUT2D eigenvalue weighted by Gasteiger charge is 2.18. The Morgan fingerprint density at radius 2 is 0.742 bits per heavy atom. The third-order valence-corrected chi connectivity index (χ3v) is 9.62. The smallest absolute Gasteiger partial charge is 0.164 e. The van der Waals surface area contributed by atoms with Gasteiger partial charge in [0.1, 0.15) is 11.2 Å². The molecule has 0 amide bonds. The number of aromatic nitrogens is 3. The van der Waals surface area contributed by atoms with Crippen molar-refractivity contribution in [3.63, 3.8) is 0 Å². The molecule has 0 radical (unpaired) electrons. The van der Waals surface area contributed by atoms with Crippen molar-refractivity contribution in [2.24, 2.45) is 0 Å². The molecule has 66 heavy (non-hydrogen) atoms. The van der Waals surface area contributed by atoms with E-state index in [4.69, 9.17) is 25.8 Å². The number of nitrogens with zero attached hydrogens (tertiary/aromatic N) is 3. The summed E-state index contributed by atoms with van der Waals surface area (Å²) in [5.74, 6) is 53.9. The van der Waals surface area contributed by atoms with Crippen LogP contribution in [0.3, 0.4) is 0 Å². The van der Waals surface area contributed by atoms with Crippen LogP contribution in [-0.4, -0.2) is 15.0 Å². The van der Waals surface area contributed by atoms with E-state index in [1.807, 2.05) is 72.8 Å². The number of hydrogen-bond acceptors (Lipinski definition) is 4. The fourth-order valence-corrected chi connectivity index (χ4v) is 6.97. The Morgan fingerprint density at radius 1 is 0.333 bits per heavy atom. The van der Waals surface area contributed by atoms with Gasteiger partial charge in [-0.15, -0.1) is 6.42 Å². The molecule has 0 saturated heterocycles. The van der Waals surface area contributed by atoms with Gasteiger partial charge in [-0.25, -0.2) is 15.0 Å². The molecule has 2 heterocycles. The number of furan rings is 1. The zero-order valence-electron chi connectivity index (χ0n) is 35.1. The van der Waals surface area contributed by atoms with Gasteiger partial charge in [0.25, 0.3) is 0 Å². The number of hydrogen-bond donors (Lipinski definition) is 0. The minimum atomic E-state index is 0.648. The minimum absolute atomic E-state index is 0.648. The molecule has 0 unspecified atom stereocenters. The molecule has 0 bridgehead atoms. The first-order valence-electron chi connectivity index (χ1n) is 20.2. The van der Waals surface area contributed by atoms with Gasteiger partial charge in [0.2, 0.25) is 0 Å². The molecule has 0 atom stereocenters. The lowest BCUT2D eigenvalue weighted by Crippen LogP contribution is -2.00. The molecule has 296 valence electrons. The Balaban J connectivity index is 0.000000221. The van der Waals surface area contributed by atoms with E-state index in [1.54, 1.807) is 6.92 Å². The van der Waals surface area contributed by atoms with Crippen molar-refractivity contribution < 1.29 is 4.42 Å². The monoisotopic (exact) mass is 829 g/mol. The van der Waals surface area contributed by atoms with E-state index in [9.17, 15) is 0 Å². The Bertz CT molecular complexity index is 4050. The van der Waals surface area contributed by atoms with Crippen molar-refractivity contribution in [3.8, 4) is 165 Å². The van der Waals surface area contributed by atoms with Crippen LogP contribution in [0, 0.1) is 131 Å². The minimum Gasteiger partial charge on any atom is -0.456 e. The van der Waals surface area contributed by atoms with Crippen LogP contribution in [0.5, 0.6) is 0 Å². The van der Waals surface area contributed by atoms with Crippen molar-refractivity contribution in [2.75, 3.05) is 0 Å². The summed E-state index contributed by atoms with van der Waals surface area (Å²) in [6.07, 6.45) is 4.90. The van der Waals surface area contributed by atoms with Gasteiger partial charge in [-0.3, -0.25) is 0 Å². The molecule has 0 aliphatic carbocycles. The molecule has 0 fully saturated rings. The third kappa shape index (κ3) is 9.90. The van der Waals surface area contributed by atoms with Gasteiger partial charge >= 0.3 is 0 Å². The lowest BCUT2D eigenvalue weighted by molar-refractivity contribution is 0.669. The molecule has 0 aliphatic rings. The van der Waals surface area contributed by atoms with Gasteiger partial charge in [0.15, 0.2) is 17.5 Å². The van der Waals surface area contributed by atoms with Gasteiger partial charge in [-0.2, -0.15) is 0 Å². The maximum atomic E-state index is 6.27. The molecule has 9 aromatic rings. The third-order valence-electron chi connectivity index (χ3n) is 9.62. The largest absolute Gasteiger partial charge is 0.456 e.